The molecule has 0 saturated heterocycles. The van der Waals surface area contributed by atoms with Crippen LogP contribution in [0.1, 0.15) is 5.56 Å². The second-order valence-corrected chi connectivity index (χ2v) is 5.15. The third kappa shape index (κ3) is 3.08. The first kappa shape index (κ1) is 14.8. The van der Waals surface area contributed by atoms with Gasteiger partial charge in [0.05, 0.1) is 5.39 Å². The van der Waals surface area contributed by atoms with Gasteiger partial charge in [-0.05, 0) is 48.2 Å². The molecular weight excluding hydrogens is 296 g/mol. The van der Waals surface area contributed by atoms with Gasteiger partial charge in [-0.1, -0.05) is 18.2 Å². The Morgan fingerprint density at radius 3 is 2.70 bits per heavy atom. The topological polar surface area (TPSA) is 76.7 Å². The quantitative estimate of drug-likeness (QED) is 0.800. The Bertz CT molecular complexity index is 940. The van der Waals surface area contributed by atoms with Crippen molar-refractivity contribution in [2.45, 2.75) is 6.92 Å². The summed E-state index contributed by atoms with van der Waals surface area (Å²) < 4.78 is 10.6. The number of carbonyl (C=O) groups is 1. The molecule has 1 aromatic heterocycles. The monoisotopic (exact) mass is 310 g/mol. The SMILES string of the molecule is Cc1cc(-c2cc3ccccc3c(=O)o2)ccc1OCC(=O)O. The summed E-state index contributed by atoms with van der Waals surface area (Å²) in [5, 5.41) is 10.00. The molecule has 1 N–H and O–H groups in total. The zero-order valence-corrected chi connectivity index (χ0v) is 12.4. The first-order valence-electron chi connectivity index (χ1n) is 7.03. The Kier molecular flexibility index (Phi) is 3.85. The van der Waals surface area contributed by atoms with Gasteiger partial charge in [-0.3, -0.25) is 0 Å². The summed E-state index contributed by atoms with van der Waals surface area (Å²) in [4.78, 5) is 22.6. The van der Waals surface area contributed by atoms with Crippen molar-refractivity contribution in [1.29, 1.82) is 0 Å². The van der Waals surface area contributed by atoms with Crippen molar-refractivity contribution in [3.8, 4) is 17.1 Å². The molecule has 0 fully saturated rings. The number of carboxylic acids is 1. The lowest BCUT2D eigenvalue weighted by Crippen LogP contribution is -2.10. The van der Waals surface area contributed by atoms with Gasteiger partial charge in [0, 0.05) is 5.56 Å². The summed E-state index contributed by atoms with van der Waals surface area (Å²) in [7, 11) is 0. The minimum absolute atomic E-state index is 0.387. The lowest BCUT2D eigenvalue weighted by Gasteiger charge is -2.09. The Balaban J connectivity index is 2.00. The summed E-state index contributed by atoms with van der Waals surface area (Å²) in [6.07, 6.45) is 0. The highest BCUT2D eigenvalue weighted by Gasteiger charge is 2.09. The van der Waals surface area contributed by atoms with Gasteiger partial charge in [-0.2, -0.15) is 0 Å². The maximum absolute atomic E-state index is 12.0. The number of ether oxygens (including phenoxy) is 1. The van der Waals surface area contributed by atoms with Gasteiger partial charge < -0.3 is 14.3 Å². The van der Waals surface area contributed by atoms with E-state index in [-0.39, 0.29) is 5.63 Å². The fourth-order valence-electron chi connectivity index (χ4n) is 2.38. The summed E-state index contributed by atoms with van der Waals surface area (Å²) >= 11 is 0. The zero-order valence-electron chi connectivity index (χ0n) is 12.4. The number of benzene rings is 2. The van der Waals surface area contributed by atoms with E-state index in [1.807, 2.05) is 18.2 Å². The predicted molar refractivity (Wildman–Crippen MR) is 85.8 cm³/mol. The van der Waals surface area contributed by atoms with E-state index in [1.165, 1.54) is 0 Å². The molecule has 0 unspecified atom stereocenters. The fraction of sp³-hybridized carbons (Fsp3) is 0.111. The fourth-order valence-corrected chi connectivity index (χ4v) is 2.38. The van der Waals surface area contributed by atoms with Gasteiger partial charge >= 0.3 is 11.6 Å². The Morgan fingerprint density at radius 2 is 1.96 bits per heavy atom. The number of aryl methyl sites for hydroxylation is 1. The number of carboxylic acid groups (broad SMARTS) is 1. The number of hydrogen-bond acceptors (Lipinski definition) is 4. The minimum Gasteiger partial charge on any atom is -0.482 e. The summed E-state index contributed by atoms with van der Waals surface area (Å²) in [5.74, 6) is -0.0881. The average Bonchev–Trinajstić information content (AvgIpc) is 2.53. The predicted octanol–water partition coefficient (Wildman–Crippen LogP) is 3.23. The van der Waals surface area contributed by atoms with Crippen LogP contribution in [0.5, 0.6) is 5.75 Å². The number of rotatable bonds is 4. The Hall–Kier alpha value is -3.08. The first-order valence-corrected chi connectivity index (χ1v) is 7.03. The molecule has 0 saturated carbocycles. The molecule has 1 heterocycles. The van der Waals surface area contributed by atoms with Crippen LogP contribution < -0.4 is 10.4 Å². The van der Waals surface area contributed by atoms with E-state index in [0.29, 0.717) is 16.9 Å². The molecule has 2 aromatic carbocycles. The highest BCUT2D eigenvalue weighted by molar-refractivity contribution is 5.84. The second-order valence-electron chi connectivity index (χ2n) is 5.15. The van der Waals surface area contributed by atoms with Crippen LogP contribution in [0.15, 0.2) is 57.7 Å². The van der Waals surface area contributed by atoms with Crippen molar-refractivity contribution in [2.75, 3.05) is 6.61 Å². The van der Waals surface area contributed by atoms with E-state index in [9.17, 15) is 9.59 Å². The molecule has 0 bridgehead atoms. The molecule has 23 heavy (non-hydrogen) atoms. The third-order valence-corrected chi connectivity index (χ3v) is 3.48. The number of fused-ring (bicyclic) bond motifs is 1. The van der Waals surface area contributed by atoms with Crippen LogP contribution in [-0.4, -0.2) is 17.7 Å². The van der Waals surface area contributed by atoms with Gasteiger partial charge in [0.1, 0.15) is 11.5 Å². The molecule has 0 amide bonds. The highest BCUT2D eigenvalue weighted by atomic mass is 16.5. The third-order valence-electron chi connectivity index (χ3n) is 3.48. The van der Waals surface area contributed by atoms with E-state index in [1.54, 1.807) is 37.3 Å². The van der Waals surface area contributed by atoms with E-state index >= 15 is 0 Å². The van der Waals surface area contributed by atoms with Crippen molar-refractivity contribution in [3.63, 3.8) is 0 Å². The summed E-state index contributed by atoms with van der Waals surface area (Å²) in [6, 6.07) is 14.2. The number of hydrogen-bond donors (Lipinski definition) is 1. The largest absolute Gasteiger partial charge is 0.482 e. The lowest BCUT2D eigenvalue weighted by atomic mass is 10.1. The van der Waals surface area contributed by atoms with Gasteiger partial charge in [0.15, 0.2) is 6.61 Å². The maximum Gasteiger partial charge on any atom is 0.344 e. The molecule has 0 aliphatic rings. The Morgan fingerprint density at radius 1 is 1.17 bits per heavy atom. The molecule has 0 radical (unpaired) electrons. The van der Waals surface area contributed by atoms with Crippen LogP contribution in [0.2, 0.25) is 0 Å². The van der Waals surface area contributed by atoms with Gasteiger partial charge in [0.25, 0.3) is 0 Å². The standard InChI is InChI=1S/C18H14O5/c1-11-8-13(6-7-15(11)22-10-17(19)20)16-9-12-4-2-3-5-14(12)18(21)23-16/h2-9H,10H2,1H3,(H,19,20). The van der Waals surface area contributed by atoms with E-state index < -0.39 is 12.6 Å². The maximum atomic E-state index is 12.0. The van der Waals surface area contributed by atoms with Crippen LogP contribution in [0, 0.1) is 6.92 Å². The minimum atomic E-state index is -1.03. The molecule has 5 heteroatoms. The van der Waals surface area contributed by atoms with Crippen LogP contribution >= 0.6 is 0 Å². The van der Waals surface area contributed by atoms with E-state index in [0.717, 1.165) is 16.5 Å². The Labute approximate surface area is 131 Å². The molecule has 3 rings (SSSR count). The van der Waals surface area contributed by atoms with E-state index in [4.69, 9.17) is 14.3 Å². The first-order chi connectivity index (χ1) is 11.0. The van der Waals surface area contributed by atoms with Crippen LogP contribution in [-0.2, 0) is 4.79 Å². The molecule has 0 aliphatic carbocycles. The highest BCUT2D eigenvalue weighted by Crippen LogP contribution is 2.27. The molecule has 0 spiro atoms. The van der Waals surface area contributed by atoms with Crippen molar-refractivity contribution in [1.82, 2.24) is 0 Å². The second kappa shape index (κ2) is 5.96. The molecule has 5 nitrogen and oxygen atoms in total. The summed E-state index contributed by atoms with van der Waals surface area (Å²) in [6.45, 7) is 1.41. The smallest absolute Gasteiger partial charge is 0.344 e. The normalized spacial score (nSPS) is 10.7. The van der Waals surface area contributed by atoms with Crippen molar-refractivity contribution >= 4 is 16.7 Å². The van der Waals surface area contributed by atoms with Crippen LogP contribution in [0.25, 0.3) is 22.1 Å². The lowest BCUT2D eigenvalue weighted by molar-refractivity contribution is -0.139. The van der Waals surface area contributed by atoms with Crippen molar-refractivity contribution in [2.24, 2.45) is 0 Å². The van der Waals surface area contributed by atoms with E-state index in [2.05, 4.69) is 0 Å². The molecule has 116 valence electrons. The van der Waals surface area contributed by atoms with Crippen molar-refractivity contribution in [3.05, 3.63) is 64.5 Å². The van der Waals surface area contributed by atoms with Crippen LogP contribution in [0.4, 0.5) is 0 Å². The molecule has 0 atom stereocenters. The van der Waals surface area contributed by atoms with Crippen molar-refractivity contribution < 1.29 is 19.1 Å². The molecule has 0 aliphatic heterocycles. The number of aliphatic carboxylic acids is 1. The average molecular weight is 310 g/mol. The molecular formula is C18H14O5. The van der Waals surface area contributed by atoms with Gasteiger partial charge in [-0.25, -0.2) is 9.59 Å². The van der Waals surface area contributed by atoms with Gasteiger partial charge in [0.2, 0.25) is 0 Å². The zero-order chi connectivity index (χ0) is 16.4. The van der Waals surface area contributed by atoms with Crippen LogP contribution in [0.3, 0.4) is 0 Å². The molecule has 3 aromatic rings. The summed E-state index contributed by atoms with van der Waals surface area (Å²) in [5.41, 5.74) is 1.11. The van der Waals surface area contributed by atoms with Gasteiger partial charge in [-0.15, -0.1) is 0 Å².